The first kappa shape index (κ1) is 23.1. The molecule has 2 atom stereocenters. The van der Waals surface area contributed by atoms with E-state index in [1.54, 1.807) is 41.0 Å². The number of benzene rings is 1. The largest absolute Gasteiger partial charge is 0.466 e. The molecule has 0 aromatic heterocycles. The van der Waals surface area contributed by atoms with Crippen molar-refractivity contribution >= 4 is 29.4 Å². The Hall–Kier alpha value is -2.12. The van der Waals surface area contributed by atoms with Crippen molar-refractivity contribution in [2.45, 2.75) is 63.6 Å². The summed E-state index contributed by atoms with van der Waals surface area (Å²) >= 11 is 6.35. The minimum absolute atomic E-state index is 0.162. The summed E-state index contributed by atoms with van der Waals surface area (Å²) in [6.07, 6.45) is 5.83. The van der Waals surface area contributed by atoms with Crippen LogP contribution in [-0.2, 0) is 19.1 Å². The van der Waals surface area contributed by atoms with Gasteiger partial charge in [0, 0.05) is 13.1 Å². The summed E-state index contributed by atoms with van der Waals surface area (Å²) in [5.74, 6) is -1.03. The van der Waals surface area contributed by atoms with Crippen LogP contribution in [0.25, 0.3) is 0 Å². The minimum Gasteiger partial charge on any atom is -0.466 e. The molecule has 8 heteroatoms. The molecule has 174 valence electrons. The number of likely N-dealkylation sites (tertiary alicyclic amines) is 1. The predicted octanol–water partition coefficient (Wildman–Crippen LogP) is 3.64. The molecular weight excluding hydrogens is 432 g/mol. The summed E-state index contributed by atoms with van der Waals surface area (Å²) in [5.41, 5.74) is -0.393. The molecule has 0 unspecified atom stereocenters. The monoisotopic (exact) mass is 462 g/mol. The molecule has 32 heavy (non-hydrogen) atoms. The number of hydrogen-bond acceptors (Lipinski definition) is 5. The second-order valence-corrected chi connectivity index (χ2v) is 9.27. The van der Waals surface area contributed by atoms with Gasteiger partial charge in [0.2, 0.25) is 5.91 Å². The number of carbonyl (C=O) groups excluding carboxylic acids is 3. The van der Waals surface area contributed by atoms with Crippen molar-refractivity contribution < 1.29 is 23.9 Å². The summed E-state index contributed by atoms with van der Waals surface area (Å²) in [7, 11) is 0. The zero-order valence-corrected chi connectivity index (χ0v) is 19.3. The summed E-state index contributed by atoms with van der Waals surface area (Å²) in [5, 5.41) is 0.363. The summed E-state index contributed by atoms with van der Waals surface area (Å²) < 4.78 is 11.4. The van der Waals surface area contributed by atoms with E-state index in [1.165, 1.54) is 0 Å². The molecule has 2 amide bonds. The van der Waals surface area contributed by atoms with E-state index in [-0.39, 0.29) is 30.3 Å². The average Bonchev–Trinajstić information content (AvgIpc) is 3.17. The summed E-state index contributed by atoms with van der Waals surface area (Å²) in [6, 6.07) is 6.21. The lowest BCUT2D eigenvalue weighted by atomic mass is 9.89. The Labute approximate surface area is 194 Å². The van der Waals surface area contributed by atoms with Crippen molar-refractivity contribution in [1.82, 2.24) is 9.80 Å². The highest BCUT2D eigenvalue weighted by Crippen LogP contribution is 2.42. The van der Waals surface area contributed by atoms with Crippen LogP contribution < -0.4 is 0 Å². The molecule has 7 nitrogen and oxygen atoms in total. The predicted molar refractivity (Wildman–Crippen MR) is 119 cm³/mol. The third-order valence-electron chi connectivity index (χ3n) is 6.86. The van der Waals surface area contributed by atoms with Gasteiger partial charge in [-0.05, 0) is 57.6 Å². The first-order valence-electron chi connectivity index (χ1n) is 11.6. The van der Waals surface area contributed by atoms with Crippen LogP contribution >= 0.6 is 11.6 Å². The summed E-state index contributed by atoms with van der Waals surface area (Å²) in [6.45, 7) is 3.14. The Bertz CT molecular complexity index is 870. The summed E-state index contributed by atoms with van der Waals surface area (Å²) in [4.78, 5) is 43.0. The fourth-order valence-corrected chi connectivity index (χ4v) is 5.48. The number of carbonyl (C=O) groups is 3. The SMILES string of the molecule is CCOC(=O)[C@@H]1CCCN(C(=O)[C@H]2COC3(CCCCC3)N2C(=O)c2ccccc2Cl)C1. The fourth-order valence-electron chi connectivity index (χ4n) is 5.26. The smallest absolute Gasteiger partial charge is 0.310 e. The molecule has 0 bridgehead atoms. The quantitative estimate of drug-likeness (QED) is 0.638. The maximum atomic E-state index is 13.7. The molecule has 1 spiro atoms. The highest BCUT2D eigenvalue weighted by atomic mass is 35.5. The second kappa shape index (κ2) is 9.79. The van der Waals surface area contributed by atoms with E-state index in [1.807, 2.05) is 0 Å². The van der Waals surface area contributed by atoms with Crippen LogP contribution in [0.15, 0.2) is 24.3 Å². The number of rotatable bonds is 4. The van der Waals surface area contributed by atoms with E-state index >= 15 is 0 Å². The van der Waals surface area contributed by atoms with Gasteiger partial charge >= 0.3 is 5.97 Å². The van der Waals surface area contributed by atoms with Crippen LogP contribution in [-0.4, -0.2) is 65.7 Å². The molecule has 4 rings (SSSR count). The van der Waals surface area contributed by atoms with Gasteiger partial charge in [0.05, 0.1) is 29.7 Å². The van der Waals surface area contributed by atoms with Gasteiger partial charge in [0.15, 0.2) is 0 Å². The second-order valence-electron chi connectivity index (χ2n) is 8.86. The highest BCUT2D eigenvalue weighted by molar-refractivity contribution is 6.33. The lowest BCUT2D eigenvalue weighted by Gasteiger charge is -2.42. The fraction of sp³-hybridized carbons (Fsp3) is 0.625. The topological polar surface area (TPSA) is 76.2 Å². The molecule has 0 radical (unpaired) electrons. The van der Waals surface area contributed by atoms with Gasteiger partial charge in [-0.3, -0.25) is 19.3 Å². The first-order chi connectivity index (χ1) is 15.5. The van der Waals surface area contributed by atoms with Gasteiger partial charge in [0.1, 0.15) is 11.8 Å². The maximum absolute atomic E-state index is 13.7. The Morgan fingerprint density at radius 2 is 1.91 bits per heavy atom. The van der Waals surface area contributed by atoms with E-state index in [0.717, 1.165) is 25.7 Å². The standard InChI is InChI=1S/C24H31ClN2O5/c1-2-31-23(30)17-9-8-14-26(15-17)22(29)20-16-32-24(12-6-3-7-13-24)27(20)21(28)18-10-4-5-11-19(18)25/h4-5,10-11,17,20H,2-3,6-9,12-16H2,1H3/t17-,20-/m1/s1. The van der Waals surface area contributed by atoms with Crippen molar-refractivity contribution in [1.29, 1.82) is 0 Å². The lowest BCUT2D eigenvalue weighted by Crippen LogP contribution is -2.58. The van der Waals surface area contributed by atoms with Gasteiger partial charge in [0.25, 0.3) is 5.91 Å². The number of nitrogens with zero attached hydrogens (tertiary/aromatic N) is 2. The average molecular weight is 463 g/mol. The van der Waals surface area contributed by atoms with E-state index in [4.69, 9.17) is 21.1 Å². The third kappa shape index (κ3) is 4.37. The Morgan fingerprint density at radius 3 is 2.62 bits per heavy atom. The maximum Gasteiger partial charge on any atom is 0.310 e. The zero-order chi connectivity index (χ0) is 22.7. The normalized spacial score (nSPS) is 25.1. The molecule has 2 heterocycles. The van der Waals surface area contributed by atoms with E-state index < -0.39 is 11.8 Å². The Morgan fingerprint density at radius 1 is 1.16 bits per heavy atom. The van der Waals surface area contributed by atoms with Gasteiger partial charge in [-0.15, -0.1) is 0 Å². The first-order valence-corrected chi connectivity index (χ1v) is 12.0. The molecule has 2 aliphatic heterocycles. The Balaban J connectivity index is 1.60. The van der Waals surface area contributed by atoms with Gasteiger partial charge in [-0.25, -0.2) is 0 Å². The zero-order valence-electron chi connectivity index (χ0n) is 18.6. The van der Waals surface area contributed by atoms with E-state index in [0.29, 0.717) is 49.5 Å². The number of esters is 1. The molecule has 3 aliphatic rings. The van der Waals surface area contributed by atoms with Crippen LogP contribution in [0.1, 0.15) is 62.2 Å². The Kier molecular flexibility index (Phi) is 7.05. The van der Waals surface area contributed by atoms with Crippen molar-refractivity contribution in [3.63, 3.8) is 0 Å². The van der Waals surface area contributed by atoms with E-state index in [2.05, 4.69) is 0 Å². The van der Waals surface area contributed by atoms with E-state index in [9.17, 15) is 14.4 Å². The van der Waals surface area contributed by atoms with Crippen LogP contribution in [0, 0.1) is 5.92 Å². The van der Waals surface area contributed by atoms with Gasteiger partial charge < -0.3 is 14.4 Å². The number of hydrogen-bond donors (Lipinski definition) is 0. The molecular formula is C24H31ClN2O5. The van der Waals surface area contributed by atoms with Crippen molar-refractivity contribution in [2.75, 3.05) is 26.3 Å². The minimum atomic E-state index is -0.773. The molecule has 1 aromatic rings. The molecule has 1 aliphatic carbocycles. The van der Waals surface area contributed by atoms with Crippen LogP contribution in [0.5, 0.6) is 0 Å². The molecule has 3 fully saturated rings. The third-order valence-corrected chi connectivity index (χ3v) is 7.19. The molecule has 1 aromatic carbocycles. The van der Waals surface area contributed by atoms with Crippen molar-refractivity contribution in [3.05, 3.63) is 34.9 Å². The van der Waals surface area contributed by atoms with Crippen molar-refractivity contribution in [2.24, 2.45) is 5.92 Å². The van der Waals surface area contributed by atoms with Crippen molar-refractivity contribution in [3.8, 4) is 0 Å². The van der Waals surface area contributed by atoms with Crippen LogP contribution in [0.3, 0.4) is 0 Å². The lowest BCUT2D eigenvalue weighted by molar-refractivity contribution is -0.152. The van der Waals surface area contributed by atoms with Gasteiger partial charge in [-0.2, -0.15) is 0 Å². The molecule has 1 saturated carbocycles. The number of piperidine rings is 1. The highest BCUT2D eigenvalue weighted by Gasteiger charge is 2.54. The number of halogens is 1. The number of ether oxygens (including phenoxy) is 2. The van der Waals surface area contributed by atoms with Crippen LogP contribution in [0.2, 0.25) is 5.02 Å². The molecule has 0 N–H and O–H groups in total. The molecule has 2 saturated heterocycles. The number of amides is 2. The van der Waals surface area contributed by atoms with Gasteiger partial charge in [-0.1, -0.05) is 30.2 Å². The van der Waals surface area contributed by atoms with Crippen LogP contribution in [0.4, 0.5) is 0 Å².